The van der Waals surface area contributed by atoms with E-state index in [4.69, 9.17) is 9.84 Å². The lowest BCUT2D eigenvalue weighted by atomic mass is 10.0. The highest BCUT2D eigenvalue weighted by molar-refractivity contribution is 5.99. The lowest BCUT2D eigenvalue weighted by Gasteiger charge is -2.18. The van der Waals surface area contributed by atoms with Gasteiger partial charge in [-0.3, -0.25) is 9.59 Å². The Hall–Kier alpha value is -3.19. The molecule has 0 saturated carbocycles. The minimum atomic E-state index is -1.20. The first kappa shape index (κ1) is 17.6. The van der Waals surface area contributed by atoms with Crippen LogP contribution in [-0.4, -0.2) is 41.1 Å². The Morgan fingerprint density at radius 3 is 2.15 bits per heavy atom. The molecule has 1 heterocycles. The molecule has 3 rings (SSSR count). The van der Waals surface area contributed by atoms with E-state index in [1.54, 1.807) is 24.3 Å². The van der Waals surface area contributed by atoms with Gasteiger partial charge in [0, 0.05) is 12.1 Å². The minimum absolute atomic E-state index is 0.274. The number of para-hydroxylation sites is 1. The van der Waals surface area contributed by atoms with Crippen LogP contribution in [0.15, 0.2) is 60.7 Å². The SMILES string of the molecule is O=C(Nc1ccccc1)[C@H](Cc1ccccc1)NC(=O)[C@H]1O[C@@H]1C(=O)O. The quantitative estimate of drug-likeness (QED) is 0.648. The van der Waals surface area contributed by atoms with Crippen molar-refractivity contribution in [1.82, 2.24) is 5.32 Å². The van der Waals surface area contributed by atoms with Gasteiger partial charge in [0.15, 0.2) is 12.2 Å². The molecule has 2 aromatic rings. The number of hydrogen-bond donors (Lipinski definition) is 3. The zero-order valence-corrected chi connectivity index (χ0v) is 13.8. The number of carbonyl (C=O) groups excluding carboxylic acids is 2. The Kier molecular flexibility index (Phi) is 5.28. The highest BCUT2D eigenvalue weighted by Gasteiger charge is 2.51. The molecule has 7 heteroatoms. The van der Waals surface area contributed by atoms with E-state index in [9.17, 15) is 14.4 Å². The van der Waals surface area contributed by atoms with E-state index in [0.29, 0.717) is 5.69 Å². The maximum atomic E-state index is 12.6. The third-order valence-electron chi connectivity index (χ3n) is 3.95. The number of carboxylic acid groups (broad SMARTS) is 1. The van der Waals surface area contributed by atoms with Crippen molar-refractivity contribution in [2.75, 3.05) is 5.32 Å². The third kappa shape index (κ3) is 4.46. The Morgan fingerprint density at radius 2 is 1.58 bits per heavy atom. The van der Waals surface area contributed by atoms with Gasteiger partial charge in [0.2, 0.25) is 5.91 Å². The number of epoxide rings is 1. The summed E-state index contributed by atoms with van der Waals surface area (Å²) < 4.78 is 4.85. The average Bonchev–Trinajstić information content (AvgIpc) is 3.44. The van der Waals surface area contributed by atoms with Gasteiger partial charge in [-0.1, -0.05) is 48.5 Å². The number of nitrogens with one attached hydrogen (secondary N) is 2. The summed E-state index contributed by atoms with van der Waals surface area (Å²) in [5.41, 5.74) is 1.48. The Bertz CT molecular complexity index is 794. The maximum absolute atomic E-state index is 12.6. The molecule has 1 fully saturated rings. The van der Waals surface area contributed by atoms with Gasteiger partial charge in [0.1, 0.15) is 6.04 Å². The Labute approximate surface area is 150 Å². The zero-order chi connectivity index (χ0) is 18.5. The number of rotatable bonds is 7. The molecule has 0 bridgehead atoms. The molecule has 0 radical (unpaired) electrons. The first-order chi connectivity index (χ1) is 12.5. The second-order valence-corrected chi connectivity index (χ2v) is 5.92. The topological polar surface area (TPSA) is 108 Å². The average molecular weight is 354 g/mol. The standard InChI is InChI=1S/C19H18N2O5/c22-17(20-13-9-5-2-6-10-13)14(11-12-7-3-1-4-8-12)21-18(23)15-16(26-15)19(24)25/h1-10,14-16H,11H2,(H,20,22)(H,21,23)(H,24,25)/t14-,15-,16-/m0/s1. The predicted octanol–water partition coefficient (Wildman–Crippen LogP) is 1.20. The smallest absolute Gasteiger partial charge is 0.336 e. The van der Waals surface area contributed by atoms with Gasteiger partial charge in [-0.25, -0.2) is 4.79 Å². The summed E-state index contributed by atoms with van der Waals surface area (Å²) in [4.78, 5) is 35.7. The second kappa shape index (κ2) is 7.79. The summed E-state index contributed by atoms with van der Waals surface area (Å²) in [7, 11) is 0. The summed E-state index contributed by atoms with van der Waals surface area (Å²) >= 11 is 0. The normalized spacial score (nSPS) is 19.2. The molecular formula is C19H18N2O5. The van der Waals surface area contributed by atoms with Gasteiger partial charge in [-0.15, -0.1) is 0 Å². The first-order valence-electron chi connectivity index (χ1n) is 8.13. The number of ether oxygens (including phenoxy) is 1. The minimum Gasteiger partial charge on any atom is -0.479 e. The van der Waals surface area contributed by atoms with Crippen LogP contribution >= 0.6 is 0 Å². The van der Waals surface area contributed by atoms with Crippen LogP contribution in [0.5, 0.6) is 0 Å². The van der Waals surface area contributed by atoms with Gasteiger partial charge in [0.25, 0.3) is 5.91 Å². The van der Waals surface area contributed by atoms with Crippen LogP contribution in [0.3, 0.4) is 0 Å². The third-order valence-corrected chi connectivity index (χ3v) is 3.95. The van der Waals surface area contributed by atoms with E-state index >= 15 is 0 Å². The van der Waals surface area contributed by atoms with Crippen molar-refractivity contribution in [3.63, 3.8) is 0 Å². The first-order valence-corrected chi connectivity index (χ1v) is 8.13. The van der Waals surface area contributed by atoms with Crippen LogP contribution in [0.25, 0.3) is 0 Å². The molecule has 1 aliphatic rings. The number of carbonyl (C=O) groups is 3. The fraction of sp³-hybridized carbons (Fsp3) is 0.211. The molecule has 0 unspecified atom stereocenters. The number of amides is 2. The van der Waals surface area contributed by atoms with Crippen molar-refractivity contribution in [2.45, 2.75) is 24.7 Å². The fourth-order valence-corrected chi connectivity index (χ4v) is 2.56. The van der Waals surface area contributed by atoms with Crippen LogP contribution in [-0.2, 0) is 25.5 Å². The molecule has 26 heavy (non-hydrogen) atoms. The van der Waals surface area contributed by atoms with E-state index in [1.165, 1.54) is 0 Å². The van der Waals surface area contributed by atoms with Crippen LogP contribution in [0, 0.1) is 0 Å². The molecule has 134 valence electrons. The summed E-state index contributed by atoms with van der Waals surface area (Å²) in [6.45, 7) is 0. The molecule has 2 aromatic carbocycles. The molecule has 2 amide bonds. The largest absolute Gasteiger partial charge is 0.479 e. The Balaban J connectivity index is 1.70. The van der Waals surface area contributed by atoms with Crippen molar-refractivity contribution in [2.24, 2.45) is 0 Å². The highest BCUT2D eigenvalue weighted by Crippen LogP contribution is 2.22. The van der Waals surface area contributed by atoms with Crippen LogP contribution < -0.4 is 10.6 Å². The van der Waals surface area contributed by atoms with Crippen LogP contribution in [0.2, 0.25) is 0 Å². The summed E-state index contributed by atoms with van der Waals surface area (Å²) in [5, 5.41) is 14.2. The summed E-state index contributed by atoms with van der Waals surface area (Å²) in [5.74, 6) is -2.19. The second-order valence-electron chi connectivity index (χ2n) is 5.92. The number of anilines is 1. The van der Waals surface area contributed by atoms with Gasteiger partial charge in [-0.05, 0) is 17.7 Å². The number of carboxylic acids is 1. The molecule has 3 atom stereocenters. The van der Waals surface area contributed by atoms with Gasteiger partial charge in [0.05, 0.1) is 0 Å². The summed E-state index contributed by atoms with van der Waals surface area (Å²) in [6, 6.07) is 17.3. The van der Waals surface area contributed by atoms with Crippen molar-refractivity contribution in [1.29, 1.82) is 0 Å². The highest BCUT2D eigenvalue weighted by atomic mass is 16.6. The van der Waals surface area contributed by atoms with Gasteiger partial charge >= 0.3 is 5.97 Å². The fourth-order valence-electron chi connectivity index (χ4n) is 2.56. The van der Waals surface area contributed by atoms with Crippen molar-refractivity contribution >= 4 is 23.5 Å². The molecule has 0 spiro atoms. The molecule has 1 aliphatic heterocycles. The number of aliphatic carboxylic acids is 1. The molecule has 1 saturated heterocycles. The monoisotopic (exact) mass is 354 g/mol. The van der Waals surface area contributed by atoms with E-state index in [2.05, 4.69) is 10.6 Å². The summed E-state index contributed by atoms with van der Waals surface area (Å²) in [6.07, 6.45) is -1.93. The van der Waals surface area contributed by atoms with Crippen molar-refractivity contribution in [3.8, 4) is 0 Å². The molecular weight excluding hydrogens is 336 g/mol. The van der Waals surface area contributed by atoms with Crippen molar-refractivity contribution < 1.29 is 24.2 Å². The molecule has 0 aromatic heterocycles. The van der Waals surface area contributed by atoms with Crippen molar-refractivity contribution in [3.05, 3.63) is 66.2 Å². The van der Waals surface area contributed by atoms with E-state index in [-0.39, 0.29) is 12.3 Å². The van der Waals surface area contributed by atoms with Crippen LogP contribution in [0.1, 0.15) is 5.56 Å². The predicted molar refractivity (Wildman–Crippen MR) is 93.4 cm³/mol. The zero-order valence-electron chi connectivity index (χ0n) is 13.8. The molecule has 3 N–H and O–H groups in total. The maximum Gasteiger partial charge on any atom is 0.336 e. The lowest BCUT2D eigenvalue weighted by molar-refractivity contribution is -0.138. The number of benzene rings is 2. The van der Waals surface area contributed by atoms with Crippen LogP contribution in [0.4, 0.5) is 5.69 Å². The molecule has 0 aliphatic carbocycles. The Morgan fingerprint density at radius 1 is 0.962 bits per heavy atom. The number of hydrogen-bond acceptors (Lipinski definition) is 4. The van der Waals surface area contributed by atoms with E-state index < -0.39 is 30.1 Å². The molecule has 7 nitrogen and oxygen atoms in total. The lowest BCUT2D eigenvalue weighted by Crippen LogP contribution is -2.47. The van der Waals surface area contributed by atoms with Gasteiger partial charge < -0.3 is 20.5 Å². The van der Waals surface area contributed by atoms with E-state index in [0.717, 1.165) is 5.56 Å². The van der Waals surface area contributed by atoms with E-state index in [1.807, 2.05) is 36.4 Å². The van der Waals surface area contributed by atoms with Gasteiger partial charge in [-0.2, -0.15) is 0 Å².